The van der Waals surface area contributed by atoms with E-state index in [1.54, 1.807) is 41.3 Å². The van der Waals surface area contributed by atoms with Gasteiger partial charge >= 0.3 is 0 Å². The molecule has 4 rings (SSSR count). The van der Waals surface area contributed by atoms with Crippen molar-refractivity contribution in [2.45, 2.75) is 6.54 Å². The van der Waals surface area contributed by atoms with Gasteiger partial charge in [-0.2, -0.15) is 10.4 Å². The van der Waals surface area contributed by atoms with Crippen LogP contribution in [0.2, 0.25) is 0 Å². The van der Waals surface area contributed by atoms with Gasteiger partial charge in [-0.05, 0) is 42.0 Å². The molecule has 28 heavy (non-hydrogen) atoms. The third kappa shape index (κ3) is 3.29. The van der Waals surface area contributed by atoms with Gasteiger partial charge in [-0.15, -0.1) is 0 Å². The number of fused-ring (bicyclic) bond motifs is 1. The van der Waals surface area contributed by atoms with E-state index in [-0.39, 0.29) is 24.0 Å². The van der Waals surface area contributed by atoms with Gasteiger partial charge in [0.05, 0.1) is 29.2 Å². The second kappa shape index (κ2) is 7.25. The molecular weight excluding hydrogens is 359 g/mol. The molecule has 1 amide bonds. The van der Waals surface area contributed by atoms with Crippen molar-refractivity contribution in [3.8, 4) is 11.8 Å². The summed E-state index contributed by atoms with van der Waals surface area (Å²) < 4.78 is 14.8. The van der Waals surface area contributed by atoms with Crippen LogP contribution in [0.5, 0.6) is 0 Å². The van der Waals surface area contributed by atoms with Crippen LogP contribution >= 0.6 is 0 Å². The Morgan fingerprint density at radius 2 is 2.00 bits per heavy atom. The van der Waals surface area contributed by atoms with Crippen LogP contribution in [0, 0.1) is 17.1 Å². The summed E-state index contributed by atoms with van der Waals surface area (Å²) in [7, 11) is 0. The molecule has 8 heteroatoms. The maximum absolute atomic E-state index is 13.2. The molecule has 3 heterocycles. The van der Waals surface area contributed by atoms with Crippen molar-refractivity contribution in [1.82, 2.24) is 25.1 Å². The second-order valence-electron chi connectivity index (χ2n) is 6.00. The molecule has 3 aromatic heterocycles. The first-order chi connectivity index (χ1) is 13.7. The molecule has 1 aromatic carbocycles. The Hall–Kier alpha value is -4.12. The summed E-state index contributed by atoms with van der Waals surface area (Å²) in [6.07, 6.45) is 6.18. The van der Waals surface area contributed by atoms with Crippen molar-refractivity contribution in [1.29, 1.82) is 5.26 Å². The molecule has 1 N–H and O–H groups in total. The number of benzene rings is 1. The highest BCUT2D eigenvalue weighted by Gasteiger charge is 2.15. The highest BCUT2D eigenvalue weighted by atomic mass is 19.1. The smallest absolute Gasteiger partial charge is 0.253 e. The molecule has 0 aliphatic rings. The fraction of sp³-hybridized carbons (Fsp3) is 0.0500. The molecule has 7 nitrogen and oxygen atoms in total. The van der Waals surface area contributed by atoms with E-state index in [1.165, 1.54) is 24.5 Å². The number of aromatic nitrogens is 4. The summed E-state index contributed by atoms with van der Waals surface area (Å²) in [4.78, 5) is 20.7. The van der Waals surface area contributed by atoms with Crippen LogP contribution in [0.25, 0.3) is 16.6 Å². The van der Waals surface area contributed by atoms with Crippen LogP contribution in [-0.4, -0.2) is 25.7 Å². The first-order valence-corrected chi connectivity index (χ1v) is 8.36. The number of nitrogens with zero attached hydrogens (tertiary/aromatic N) is 5. The Bertz CT molecular complexity index is 1210. The molecule has 0 aliphatic heterocycles. The molecule has 4 aromatic rings. The van der Waals surface area contributed by atoms with Crippen LogP contribution in [0.3, 0.4) is 0 Å². The van der Waals surface area contributed by atoms with Gasteiger partial charge in [0.1, 0.15) is 17.6 Å². The maximum atomic E-state index is 13.2. The number of nitrogens with one attached hydrogen (secondary N) is 1. The zero-order valence-corrected chi connectivity index (χ0v) is 14.5. The fourth-order valence-corrected chi connectivity index (χ4v) is 2.83. The topological polar surface area (TPSA) is 96.5 Å². The number of nitriles is 1. The number of halogens is 1. The summed E-state index contributed by atoms with van der Waals surface area (Å²) in [6, 6.07) is 11.2. The van der Waals surface area contributed by atoms with Gasteiger partial charge in [-0.3, -0.25) is 9.78 Å². The number of carbonyl (C=O) groups excluding carboxylic acids is 1. The summed E-state index contributed by atoms with van der Waals surface area (Å²) in [5.41, 5.74) is 2.73. The SMILES string of the molecule is N#Cc1cc(CNC(=O)c2cncc3c2cnn3-c2ccc(F)cc2)ccn1. The number of carbonyl (C=O) groups is 1. The van der Waals surface area contributed by atoms with E-state index in [4.69, 9.17) is 5.26 Å². The Kier molecular flexibility index (Phi) is 4.48. The minimum atomic E-state index is -0.339. The van der Waals surface area contributed by atoms with Gasteiger partial charge in [0.2, 0.25) is 0 Å². The van der Waals surface area contributed by atoms with Crippen LogP contribution in [-0.2, 0) is 6.54 Å². The highest BCUT2D eigenvalue weighted by molar-refractivity contribution is 6.05. The monoisotopic (exact) mass is 372 g/mol. The molecule has 0 radical (unpaired) electrons. The Morgan fingerprint density at radius 3 is 2.79 bits per heavy atom. The molecular formula is C20H13FN6O. The first-order valence-electron chi connectivity index (χ1n) is 8.36. The van der Waals surface area contributed by atoms with Crippen molar-refractivity contribution in [2.24, 2.45) is 0 Å². The lowest BCUT2D eigenvalue weighted by Gasteiger charge is -2.07. The fourth-order valence-electron chi connectivity index (χ4n) is 2.83. The molecule has 0 atom stereocenters. The number of pyridine rings is 2. The Balaban J connectivity index is 1.61. The molecule has 0 saturated carbocycles. The quantitative estimate of drug-likeness (QED) is 0.594. The second-order valence-corrected chi connectivity index (χ2v) is 6.00. The molecule has 136 valence electrons. The summed E-state index contributed by atoms with van der Waals surface area (Å²) in [5, 5.41) is 16.7. The van der Waals surface area contributed by atoms with Crippen molar-refractivity contribution >= 4 is 16.8 Å². The third-order valence-electron chi connectivity index (χ3n) is 4.20. The van der Waals surface area contributed by atoms with Crippen LogP contribution in [0.15, 0.2) is 61.2 Å². The lowest BCUT2D eigenvalue weighted by atomic mass is 10.1. The summed E-state index contributed by atoms with van der Waals surface area (Å²) >= 11 is 0. The lowest BCUT2D eigenvalue weighted by Crippen LogP contribution is -2.23. The third-order valence-corrected chi connectivity index (χ3v) is 4.20. The van der Waals surface area contributed by atoms with Gasteiger partial charge in [0.15, 0.2) is 0 Å². The Morgan fingerprint density at radius 1 is 1.18 bits per heavy atom. The summed E-state index contributed by atoms with van der Waals surface area (Å²) in [6.45, 7) is 0.249. The van der Waals surface area contributed by atoms with Crippen LogP contribution in [0.4, 0.5) is 4.39 Å². The number of hydrogen-bond donors (Lipinski definition) is 1. The number of hydrogen-bond acceptors (Lipinski definition) is 5. The normalized spacial score (nSPS) is 10.6. The Labute approximate surface area is 159 Å². The van der Waals surface area contributed by atoms with Crippen molar-refractivity contribution in [3.63, 3.8) is 0 Å². The average Bonchev–Trinajstić information content (AvgIpc) is 3.17. The van der Waals surface area contributed by atoms with Gasteiger partial charge in [-0.1, -0.05) is 0 Å². The van der Waals surface area contributed by atoms with Gasteiger partial charge in [0.25, 0.3) is 5.91 Å². The van der Waals surface area contributed by atoms with Gasteiger partial charge in [-0.25, -0.2) is 14.1 Å². The number of amides is 1. The molecule has 0 saturated heterocycles. The lowest BCUT2D eigenvalue weighted by molar-refractivity contribution is 0.0952. The van der Waals surface area contributed by atoms with Crippen molar-refractivity contribution in [2.75, 3.05) is 0 Å². The first kappa shape index (κ1) is 17.3. The van der Waals surface area contributed by atoms with Gasteiger partial charge in [0, 0.05) is 24.3 Å². The number of rotatable bonds is 4. The van der Waals surface area contributed by atoms with E-state index in [1.807, 2.05) is 6.07 Å². The standard InChI is InChI=1S/C20H13FN6O/c21-14-1-3-16(4-2-14)27-19-12-23-10-18(17(19)11-26-27)20(28)25-9-13-5-6-24-15(7-13)8-22/h1-7,10-12H,9H2,(H,25,28). The van der Waals surface area contributed by atoms with Gasteiger partial charge < -0.3 is 5.32 Å². The van der Waals surface area contributed by atoms with E-state index in [0.717, 1.165) is 5.56 Å². The van der Waals surface area contributed by atoms with E-state index < -0.39 is 0 Å². The van der Waals surface area contributed by atoms with E-state index in [2.05, 4.69) is 20.4 Å². The summed E-state index contributed by atoms with van der Waals surface area (Å²) in [5.74, 6) is -0.652. The highest BCUT2D eigenvalue weighted by Crippen LogP contribution is 2.21. The molecule has 0 unspecified atom stereocenters. The predicted octanol–water partition coefficient (Wildman–Crippen LogP) is 2.76. The molecule has 0 fully saturated rings. The molecule has 0 bridgehead atoms. The van der Waals surface area contributed by atoms with Crippen molar-refractivity contribution in [3.05, 3.63) is 83.8 Å². The molecule has 0 spiro atoms. The van der Waals surface area contributed by atoms with E-state index in [0.29, 0.717) is 22.2 Å². The maximum Gasteiger partial charge on any atom is 0.253 e. The predicted molar refractivity (Wildman–Crippen MR) is 98.9 cm³/mol. The zero-order valence-electron chi connectivity index (χ0n) is 14.5. The van der Waals surface area contributed by atoms with Crippen LogP contribution < -0.4 is 5.32 Å². The minimum absolute atomic E-state index is 0.249. The van der Waals surface area contributed by atoms with E-state index >= 15 is 0 Å². The minimum Gasteiger partial charge on any atom is -0.348 e. The molecule has 0 aliphatic carbocycles. The van der Waals surface area contributed by atoms with E-state index in [9.17, 15) is 9.18 Å². The van der Waals surface area contributed by atoms with Crippen LogP contribution in [0.1, 0.15) is 21.6 Å². The largest absolute Gasteiger partial charge is 0.348 e. The average molecular weight is 372 g/mol. The van der Waals surface area contributed by atoms with Crippen molar-refractivity contribution < 1.29 is 9.18 Å². The zero-order chi connectivity index (χ0) is 19.5.